The maximum absolute atomic E-state index is 5.09. The SMILES string of the molecule is c1ccc(-c2nc(-c3ccccc3)nc(-c3ccc(-c4ccc5c6ccccc6c6cc7ccccc7c7sc4c5c67)c4ccccc34)n2)cc1. The molecule has 51 heavy (non-hydrogen) atoms. The topological polar surface area (TPSA) is 38.7 Å². The smallest absolute Gasteiger partial charge is 0.164 e. The van der Waals surface area contributed by atoms with Crippen molar-refractivity contribution in [3.8, 4) is 45.3 Å². The fraction of sp³-hybridized carbons (Fsp3) is 0. The molecule has 0 radical (unpaired) electrons. The maximum Gasteiger partial charge on any atom is 0.164 e. The standard InChI is InChI=1S/C47H27N3S/c1-3-13-28(14-4-1)45-48-46(29-15-5-2-6-16-29)50-47(49-45)39-26-23-36(32-19-9-11-21-34(32)39)38-25-24-37-33-20-10-12-22-35(33)40-27-30-17-7-8-18-31(30)43-42(40)41(37)44(38)51-43/h1-27H. The van der Waals surface area contributed by atoms with Crippen LogP contribution in [-0.2, 0) is 0 Å². The van der Waals surface area contributed by atoms with Gasteiger partial charge < -0.3 is 0 Å². The molecule has 4 heteroatoms. The number of hydrogen-bond donors (Lipinski definition) is 0. The molecule has 0 bridgehead atoms. The Bertz CT molecular complexity index is 3070. The fourth-order valence-electron chi connectivity index (χ4n) is 7.97. The molecule has 0 spiro atoms. The molecule has 0 aliphatic rings. The van der Waals surface area contributed by atoms with E-state index in [1.807, 2.05) is 47.7 Å². The summed E-state index contributed by atoms with van der Waals surface area (Å²) in [6.07, 6.45) is 0. The van der Waals surface area contributed by atoms with Crippen LogP contribution in [0.15, 0.2) is 164 Å². The molecule has 0 N–H and O–H groups in total. The summed E-state index contributed by atoms with van der Waals surface area (Å²) in [5.41, 5.74) is 5.36. The van der Waals surface area contributed by atoms with Crippen LogP contribution >= 0.6 is 11.3 Å². The molecule has 0 unspecified atom stereocenters. The number of hydrogen-bond acceptors (Lipinski definition) is 4. The van der Waals surface area contributed by atoms with Crippen LogP contribution < -0.4 is 0 Å². The van der Waals surface area contributed by atoms with E-state index in [-0.39, 0.29) is 0 Å². The first kappa shape index (κ1) is 28.4. The third kappa shape index (κ3) is 4.27. The number of benzene rings is 9. The van der Waals surface area contributed by atoms with Gasteiger partial charge in [0, 0.05) is 42.4 Å². The lowest BCUT2D eigenvalue weighted by atomic mass is 9.89. The molecule has 236 valence electrons. The Morgan fingerprint density at radius 1 is 0.314 bits per heavy atom. The third-order valence-corrected chi connectivity index (χ3v) is 11.5. The molecule has 0 saturated carbocycles. The van der Waals surface area contributed by atoms with Gasteiger partial charge in [-0.3, -0.25) is 0 Å². The Morgan fingerprint density at radius 2 is 0.804 bits per heavy atom. The summed E-state index contributed by atoms with van der Waals surface area (Å²) in [5.74, 6) is 1.98. The second-order valence-corrected chi connectivity index (χ2v) is 14.1. The van der Waals surface area contributed by atoms with Crippen molar-refractivity contribution in [2.45, 2.75) is 0 Å². The highest BCUT2D eigenvalue weighted by Gasteiger charge is 2.22. The van der Waals surface area contributed by atoms with E-state index in [4.69, 9.17) is 15.0 Å². The normalized spacial score (nSPS) is 11.9. The van der Waals surface area contributed by atoms with Gasteiger partial charge in [0.1, 0.15) is 0 Å². The quantitative estimate of drug-likeness (QED) is 0.139. The number of rotatable bonds is 4. The van der Waals surface area contributed by atoms with Crippen LogP contribution in [0.2, 0.25) is 0 Å². The highest BCUT2D eigenvalue weighted by atomic mass is 32.1. The second-order valence-electron chi connectivity index (χ2n) is 13.1. The average molecular weight is 666 g/mol. The van der Waals surface area contributed by atoms with Crippen molar-refractivity contribution < 1.29 is 0 Å². The number of aromatic nitrogens is 3. The third-order valence-electron chi connectivity index (χ3n) is 10.3. The monoisotopic (exact) mass is 665 g/mol. The van der Waals surface area contributed by atoms with Gasteiger partial charge >= 0.3 is 0 Å². The molecule has 0 amide bonds. The van der Waals surface area contributed by atoms with Crippen molar-refractivity contribution in [3.63, 3.8) is 0 Å². The van der Waals surface area contributed by atoms with Crippen LogP contribution in [-0.4, -0.2) is 15.0 Å². The predicted octanol–water partition coefficient (Wildman–Crippen LogP) is 13.0. The van der Waals surface area contributed by atoms with Crippen LogP contribution in [0.3, 0.4) is 0 Å². The Balaban J connectivity index is 1.18. The van der Waals surface area contributed by atoms with Crippen molar-refractivity contribution in [2.24, 2.45) is 0 Å². The van der Waals surface area contributed by atoms with Crippen molar-refractivity contribution in [1.82, 2.24) is 15.0 Å². The van der Waals surface area contributed by atoms with E-state index < -0.39 is 0 Å². The molecule has 2 heterocycles. The summed E-state index contributed by atoms with van der Waals surface area (Å²) in [6, 6.07) is 58.2. The molecule has 2 aromatic heterocycles. The minimum Gasteiger partial charge on any atom is -0.208 e. The molecule has 9 aromatic carbocycles. The van der Waals surface area contributed by atoms with Crippen LogP contribution in [0, 0.1) is 0 Å². The summed E-state index contributed by atoms with van der Waals surface area (Å²) in [7, 11) is 0. The predicted molar refractivity (Wildman–Crippen MR) is 216 cm³/mol. The van der Waals surface area contributed by atoms with Crippen LogP contribution in [0.1, 0.15) is 0 Å². The molecule has 0 aliphatic heterocycles. The van der Waals surface area contributed by atoms with Crippen LogP contribution in [0.5, 0.6) is 0 Å². The lowest BCUT2D eigenvalue weighted by Gasteiger charge is -2.15. The van der Waals surface area contributed by atoms with Crippen molar-refractivity contribution in [3.05, 3.63) is 164 Å². The highest BCUT2D eigenvalue weighted by Crippen LogP contribution is 2.51. The van der Waals surface area contributed by atoms with E-state index in [1.165, 1.54) is 69.0 Å². The molecule has 11 rings (SSSR count). The summed E-state index contributed by atoms with van der Waals surface area (Å²) in [6.45, 7) is 0. The molecule has 0 saturated heterocycles. The van der Waals surface area contributed by atoms with Crippen molar-refractivity contribution in [1.29, 1.82) is 0 Å². The molecular formula is C47H27N3S. The fourth-order valence-corrected chi connectivity index (χ4v) is 9.38. The summed E-state index contributed by atoms with van der Waals surface area (Å²) < 4.78 is 2.68. The number of fused-ring (bicyclic) bond motifs is 6. The molecule has 0 fully saturated rings. The van der Waals surface area contributed by atoms with Gasteiger partial charge in [-0.05, 0) is 60.8 Å². The second kappa shape index (κ2) is 11.0. The Labute approximate surface area is 297 Å². The minimum atomic E-state index is 0.660. The molecular weight excluding hydrogens is 639 g/mol. The summed E-state index contributed by atoms with van der Waals surface area (Å²) in [4.78, 5) is 15.1. The van der Waals surface area contributed by atoms with E-state index >= 15 is 0 Å². The van der Waals surface area contributed by atoms with E-state index in [9.17, 15) is 0 Å². The molecule has 0 atom stereocenters. The van der Waals surface area contributed by atoms with Gasteiger partial charge in [0.15, 0.2) is 17.5 Å². The first-order chi connectivity index (χ1) is 25.3. The minimum absolute atomic E-state index is 0.660. The lowest BCUT2D eigenvalue weighted by molar-refractivity contribution is 1.08. The summed E-state index contributed by atoms with van der Waals surface area (Å²) >= 11 is 1.93. The molecule has 0 aliphatic carbocycles. The van der Waals surface area contributed by atoms with Gasteiger partial charge in [-0.15, -0.1) is 11.3 Å². The zero-order valence-electron chi connectivity index (χ0n) is 27.3. The largest absolute Gasteiger partial charge is 0.208 e. The lowest BCUT2D eigenvalue weighted by Crippen LogP contribution is -2.00. The van der Waals surface area contributed by atoms with Crippen LogP contribution in [0.4, 0.5) is 0 Å². The first-order valence-electron chi connectivity index (χ1n) is 17.2. The Morgan fingerprint density at radius 3 is 1.49 bits per heavy atom. The van der Waals surface area contributed by atoms with Crippen LogP contribution in [0.25, 0.3) is 109 Å². The van der Waals surface area contributed by atoms with Gasteiger partial charge in [-0.25, -0.2) is 15.0 Å². The van der Waals surface area contributed by atoms with E-state index in [2.05, 4.69) is 127 Å². The van der Waals surface area contributed by atoms with Crippen molar-refractivity contribution in [2.75, 3.05) is 0 Å². The van der Waals surface area contributed by atoms with E-state index in [0.717, 1.165) is 22.1 Å². The number of thiophene rings is 1. The van der Waals surface area contributed by atoms with Gasteiger partial charge in [0.05, 0.1) is 0 Å². The zero-order chi connectivity index (χ0) is 33.5. The van der Waals surface area contributed by atoms with Crippen molar-refractivity contribution >= 4 is 74.6 Å². The van der Waals surface area contributed by atoms with Gasteiger partial charge in [-0.1, -0.05) is 152 Å². The molecule has 11 aromatic rings. The van der Waals surface area contributed by atoms with E-state index in [1.54, 1.807) is 0 Å². The van der Waals surface area contributed by atoms with Gasteiger partial charge in [0.25, 0.3) is 0 Å². The zero-order valence-corrected chi connectivity index (χ0v) is 28.2. The molecule has 3 nitrogen and oxygen atoms in total. The maximum atomic E-state index is 5.09. The Hall–Kier alpha value is -6.49. The van der Waals surface area contributed by atoms with E-state index in [0.29, 0.717) is 17.5 Å². The number of nitrogens with zero attached hydrogens (tertiary/aromatic N) is 3. The first-order valence-corrected chi connectivity index (χ1v) is 18.0. The van der Waals surface area contributed by atoms with Gasteiger partial charge in [-0.2, -0.15) is 0 Å². The highest BCUT2D eigenvalue weighted by molar-refractivity contribution is 7.27. The average Bonchev–Trinajstić information content (AvgIpc) is 3.62. The van der Waals surface area contributed by atoms with Gasteiger partial charge in [0.2, 0.25) is 0 Å². The summed E-state index contributed by atoms with van der Waals surface area (Å²) in [5, 5.41) is 12.9. The Kier molecular flexibility index (Phi) is 6.12.